The zero-order valence-electron chi connectivity index (χ0n) is 18.5. The maximum absolute atomic E-state index is 12.7. The number of aromatic amines is 1. The number of rotatable bonds is 6. The van der Waals surface area contributed by atoms with Gasteiger partial charge in [0.05, 0.1) is 7.11 Å². The number of likely N-dealkylation sites (tertiary alicyclic amines) is 1. The summed E-state index contributed by atoms with van der Waals surface area (Å²) in [5, 5.41) is 11.6. The van der Waals surface area contributed by atoms with Crippen LogP contribution in [0.15, 0.2) is 42.1 Å². The predicted octanol–water partition coefficient (Wildman–Crippen LogP) is 5.21. The number of H-pyrrole nitrogens is 1. The van der Waals surface area contributed by atoms with Crippen molar-refractivity contribution in [1.29, 1.82) is 0 Å². The maximum Gasteiger partial charge on any atom is 0.315 e. The predicted molar refractivity (Wildman–Crippen MR) is 122 cm³/mol. The van der Waals surface area contributed by atoms with E-state index >= 15 is 0 Å². The summed E-state index contributed by atoms with van der Waals surface area (Å²) < 4.78 is 5.77. The Labute approximate surface area is 183 Å². The molecule has 1 aromatic carbocycles. The number of hydrogen-bond acceptors (Lipinski definition) is 3. The summed E-state index contributed by atoms with van der Waals surface area (Å²) in [7, 11) is 1.72. The molecule has 3 aliphatic rings. The lowest BCUT2D eigenvalue weighted by Gasteiger charge is -2.45. The van der Waals surface area contributed by atoms with Crippen molar-refractivity contribution in [3.05, 3.63) is 53.3 Å². The lowest BCUT2D eigenvalue weighted by Crippen LogP contribution is -2.53. The molecule has 2 aromatic rings. The van der Waals surface area contributed by atoms with E-state index in [1.165, 1.54) is 23.8 Å². The van der Waals surface area contributed by atoms with Gasteiger partial charge in [-0.1, -0.05) is 24.6 Å². The number of aromatic nitrogens is 1. The van der Waals surface area contributed by atoms with Gasteiger partial charge in [0.15, 0.2) is 0 Å². The molecule has 2 atom stereocenters. The number of hydrogen-bond donors (Lipinski definition) is 2. The number of carboxylic acid groups (broad SMARTS) is 1. The van der Waals surface area contributed by atoms with Crippen LogP contribution in [0.4, 0.5) is 0 Å². The molecule has 1 saturated carbocycles. The van der Waals surface area contributed by atoms with Crippen LogP contribution >= 0.6 is 0 Å². The van der Waals surface area contributed by atoms with Crippen LogP contribution in [0.25, 0.3) is 10.9 Å². The van der Waals surface area contributed by atoms with Gasteiger partial charge in [0.2, 0.25) is 0 Å². The van der Waals surface area contributed by atoms with Crippen molar-refractivity contribution in [2.75, 3.05) is 13.7 Å². The molecule has 31 heavy (non-hydrogen) atoms. The fraction of sp³-hybridized carbons (Fsp3) is 0.500. The Kier molecular flexibility index (Phi) is 5.17. The summed E-state index contributed by atoms with van der Waals surface area (Å²) in [5.74, 6) is 0.840. The molecule has 0 spiro atoms. The maximum atomic E-state index is 12.7. The quantitative estimate of drug-likeness (QED) is 0.674. The number of carbonyl (C=O) groups is 1. The number of aryl methyl sites for hydroxylation is 1. The number of piperidine rings is 1. The number of aliphatic carboxylic acids is 1. The van der Waals surface area contributed by atoms with Crippen LogP contribution in [0.3, 0.4) is 0 Å². The van der Waals surface area contributed by atoms with Crippen LogP contribution in [0.2, 0.25) is 0 Å². The molecule has 1 unspecified atom stereocenters. The number of ether oxygens (including phenoxy) is 1. The van der Waals surface area contributed by atoms with Gasteiger partial charge in [0.1, 0.15) is 11.2 Å². The number of fused-ring (bicyclic) bond motifs is 1. The van der Waals surface area contributed by atoms with Crippen LogP contribution in [0.1, 0.15) is 49.7 Å². The molecule has 2 heterocycles. The van der Waals surface area contributed by atoms with Crippen molar-refractivity contribution in [2.45, 2.75) is 58.0 Å². The molecule has 5 nitrogen and oxygen atoms in total. The highest BCUT2D eigenvalue weighted by Gasteiger charge is 2.48. The Morgan fingerprint density at radius 2 is 2.16 bits per heavy atom. The molecule has 2 N–H and O–H groups in total. The van der Waals surface area contributed by atoms with Crippen LogP contribution < -0.4 is 4.74 Å². The summed E-state index contributed by atoms with van der Waals surface area (Å²) in [6.45, 7) is 3.70. The lowest BCUT2D eigenvalue weighted by molar-refractivity contribution is -0.151. The minimum Gasteiger partial charge on any atom is -0.496 e. The van der Waals surface area contributed by atoms with Gasteiger partial charge in [0.25, 0.3) is 0 Å². The summed E-state index contributed by atoms with van der Waals surface area (Å²) in [6.07, 6.45) is 14.5. The molecule has 2 aliphatic carbocycles. The van der Waals surface area contributed by atoms with Crippen molar-refractivity contribution >= 4 is 16.9 Å². The fourth-order valence-electron chi connectivity index (χ4n) is 5.68. The SMILES string of the molecule is COc1cc(C)c2[nH]ccc2c1CN1CCCC[C@H]1C1(C(=O)O)C=CC(C2CC2)=CC1. The second-order valence-electron chi connectivity index (χ2n) is 9.48. The molecule has 5 heteroatoms. The topological polar surface area (TPSA) is 65.6 Å². The molecule has 0 amide bonds. The van der Waals surface area contributed by atoms with E-state index in [0.717, 1.165) is 48.2 Å². The van der Waals surface area contributed by atoms with E-state index in [-0.39, 0.29) is 6.04 Å². The molecular formula is C26H32N2O3. The van der Waals surface area contributed by atoms with Crippen molar-refractivity contribution in [3.8, 4) is 5.75 Å². The second kappa shape index (κ2) is 7.86. The first-order valence-electron chi connectivity index (χ1n) is 11.5. The van der Waals surface area contributed by atoms with E-state index in [0.29, 0.717) is 18.9 Å². The summed E-state index contributed by atoms with van der Waals surface area (Å²) in [6, 6.07) is 4.18. The van der Waals surface area contributed by atoms with Crippen molar-refractivity contribution in [3.63, 3.8) is 0 Å². The second-order valence-corrected chi connectivity index (χ2v) is 9.48. The zero-order valence-corrected chi connectivity index (χ0v) is 18.5. The Hall–Kier alpha value is -2.53. The molecule has 0 radical (unpaired) electrons. The zero-order chi connectivity index (χ0) is 21.6. The van der Waals surface area contributed by atoms with Crippen LogP contribution in [0, 0.1) is 18.3 Å². The summed E-state index contributed by atoms with van der Waals surface area (Å²) in [4.78, 5) is 18.4. The number of nitrogens with one attached hydrogen (secondary N) is 1. The third-order valence-electron chi connectivity index (χ3n) is 7.60. The number of methoxy groups -OCH3 is 1. The molecule has 5 rings (SSSR count). The Morgan fingerprint density at radius 3 is 2.84 bits per heavy atom. The number of carboxylic acids is 1. The number of nitrogens with zero attached hydrogens (tertiary/aromatic N) is 1. The molecule has 1 aromatic heterocycles. The highest BCUT2D eigenvalue weighted by atomic mass is 16.5. The standard InChI is InChI=1S/C26H32N2O3/c1-17-15-22(31-2)21(20-10-13-27-24(17)20)16-28-14-4-3-5-23(28)26(25(29)30)11-8-19(9-12-26)18-6-7-18/h8-11,13,15,18,23,27H,3-7,12,14,16H2,1-2H3,(H,29,30)/t23-,26?/m0/s1. The highest BCUT2D eigenvalue weighted by molar-refractivity contribution is 5.88. The molecular weight excluding hydrogens is 388 g/mol. The van der Waals surface area contributed by atoms with Crippen LogP contribution in [-0.2, 0) is 11.3 Å². The van der Waals surface area contributed by atoms with Crippen molar-refractivity contribution in [1.82, 2.24) is 9.88 Å². The molecule has 2 fully saturated rings. The highest BCUT2D eigenvalue weighted by Crippen LogP contribution is 2.46. The first-order chi connectivity index (χ1) is 15.0. The van der Waals surface area contributed by atoms with E-state index in [1.54, 1.807) is 7.11 Å². The van der Waals surface area contributed by atoms with Gasteiger partial charge >= 0.3 is 5.97 Å². The van der Waals surface area contributed by atoms with Crippen molar-refractivity contribution < 1.29 is 14.6 Å². The van der Waals surface area contributed by atoms with Crippen LogP contribution in [-0.4, -0.2) is 40.7 Å². The fourth-order valence-corrected chi connectivity index (χ4v) is 5.68. The molecule has 164 valence electrons. The average molecular weight is 421 g/mol. The van der Waals surface area contributed by atoms with Crippen molar-refractivity contribution in [2.24, 2.45) is 11.3 Å². The third-order valence-corrected chi connectivity index (χ3v) is 7.60. The van der Waals surface area contributed by atoms with Gasteiger partial charge in [-0.2, -0.15) is 0 Å². The lowest BCUT2D eigenvalue weighted by atomic mass is 9.70. The molecule has 0 bridgehead atoms. The van der Waals surface area contributed by atoms with Gasteiger partial charge < -0.3 is 14.8 Å². The third kappa shape index (κ3) is 3.49. The minimum atomic E-state index is -0.853. The van der Waals surface area contributed by atoms with E-state index in [9.17, 15) is 9.90 Å². The van der Waals surface area contributed by atoms with E-state index in [1.807, 2.05) is 12.3 Å². The van der Waals surface area contributed by atoms with E-state index in [2.05, 4.69) is 41.1 Å². The molecule has 1 saturated heterocycles. The first-order valence-corrected chi connectivity index (χ1v) is 11.5. The van der Waals surface area contributed by atoms with Crippen LogP contribution in [0.5, 0.6) is 5.75 Å². The number of benzene rings is 1. The largest absolute Gasteiger partial charge is 0.496 e. The average Bonchev–Trinajstić information content (AvgIpc) is 3.51. The van der Waals surface area contributed by atoms with Gasteiger partial charge in [-0.25, -0.2) is 0 Å². The Bertz CT molecular complexity index is 1060. The summed E-state index contributed by atoms with van der Waals surface area (Å²) >= 11 is 0. The monoisotopic (exact) mass is 420 g/mol. The van der Waals surface area contributed by atoms with Gasteiger partial charge in [-0.05, 0) is 74.8 Å². The Balaban J connectivity index is 1.50. The van der Waals surface area contributed by atoms with Gasteiger partial charge in [0, 0.05) is 35.2 Å². The normalized spacial score (nSPS) is 26.8. The molecule has 1 aliphatic heterocycles. The Morgan fingerprint density at radius 1 is 1.32 bits per heavy atom. The van der Waals surface area contributed by atoms with E-state index < -0.39 is 11.4 Å². The smallest absolute Gasteiger partial charge is 0.315 e. The van der Waals surface area contributed by atoms with Gasteiger partial charge in [-0.3, -0.25) is 9.69 Å². The van der Waals surface area contributed by atoms with E-state index in [4.69, 9.17) is 4.74 Å². The number of allylic oxidation sites excluding steroid dienone is 3. The summed E-state index contributed by atoms with van der Waals surface area (Å²) in [5.41, 5.74) is 3.92. The van der Waals surface area contributed by atoms with Gasteiger partial charge in [-0.15, -0.1) is 0 Å². The minimum absolute atomic E-state index is 0.0213. The first kappa shape index (κ1) is 20.4.